The molecule has 2 unspecified atom stereocenters. The Bertz CT molecular complexity index is 821. The maximum Gasteiger partial charge on any atom is 0.220 e. The molecule has 0 aromatic rings. The van der Waals surface area contributed by atoms with Crippen molar-refractivity contribution in [3.8, 4) is 0 Å². The summed E-state index contributed by atoms with van der Waals surface area (Å²) in [6, 6.07) is -0.621. The van der Waals surface area contributed by atoms with Crippen LogP contribution in [0.15, 0.2) is 36.5 Å². The number of aliphatic hydroxyl groups is 2. The lowest BCUT2D eigenvalue weighted by molar-refractivity contribution is -0.123. The maximum absolute atomic E-state index is 12.4. The van der Waals surface area contributed by atoms with E-state index in [9.17, 15) is 15.0 Å². The third kappa shape index (κ3) is 41.8. The number of allylic oxidation sites excluding steroid dienone is 5. The van der Waals surface area contributed by atoms with Crippen molar-refractivity contribution in [3.05, 3.63) is 36.5 Å². The summed E-state index contributed by atoms with van der Waals surface area (Å²) < 4.78 is 0. The number of amides is 1. The van der Waals surface area contributed by atoms with Gasteiger partial charge in [0.15, 0.2) is 0 Å². The van der Waals surface area contributed by atoms with Gasteiger partial charge in [0.1, 0.15) is 0 Å². The third-order valence-electron chi connectivity index (χ3n) is 11.1. The molecule has 2 atom stereocenters. The molecule has 0 aromatic carbocycles. The van der Waals surface area contributed by atoms with Crippen molar-refractivity contribution in [2.75, 3.05) is 6.61 Å². The lowest BCUT2D eigenvalue weighted by Crippen LogP contribution is -2.45. The van der Waals surface area contributed by atoms with Crippen LogP contribution in [-0.4, -0.2) is 34.9 Å². The number of rotatable bonds is 44. The van der Waals surface area contributed by atoms with Gasteiger partial charge in [-0.05, 0) is 51.4 Å². The van der Waals surface area contributed by atoms with Gasteiger partial charge < -0.3 is 15.5 Å². The molecule has 0 spiro atoms. The van der Waals surface area contributed by atoms with Gasteiger partial charge in [-0.25, -0.2) is 0 Å². The lowest BCUT2D eigenvalue weighted by atomic mass is 10.0. The van der Waals surface area contributed by atoms with Gasteiger partial charge in [0.2, 0.25) is 5.91 Å². The van der Waals surface area contributed by atoms with Crippen molar-refractivity contribution in [2.45, 2.75) is 270 Å². The summed E-state index contributed by atoms with van der Waals surface area (Å²) in [6.45, 7) is 4.31. The lowest BCUT2D eigenvalue weighted by Gasteiger charge is -2.20. The van der Waals surface area contributed by atoms with Crippen molar-refractivity contribution in [1.29, 1.82) is 0 Å². The molecule has 0 fully saturated rings. The maximum atomic E-state index is 12.4. The molecule has 0 radical (unpaired) electrons. The fraction of sp³-hybridized carbons (Fsp3) is 0.860. The molecule has 3 N–H and O–H groups in total. The smallest absolute Gasteiger partial charge is 0.220 e. The predicted octanol–water partition coefficient (Wildman–Crippen LogP) is 15.4. The highest BCUT2D eigenvalue weighted by Gasteiger charge is 2.18. The van der Waals surface area contributed by atoms with E-state index in [4.69, 9.17) is 0 Å². The van der Waals surface area contributed by atoms with E-state index in [1.807, 2.05) is 6.08 Å². The fourth-order valence-electron chi connectivity index (χ4n) is 7.39. The second-order valence-electron chi connectivity index (χ2n) is 16.5. The molecule has 0 saturated carbocycles. The summed E-state index contributed by atoms with van der Waals surface area (Å²) in [7, 11) is 0. The topological polar surface area (TPSA) is 69.6 Å². The van der Waals surface area contributed by atoms with Gasteiger partial charge in [-0.3, -0.25) is 4.79 Å². The second kappa shape index (κ2) is 46.0. The molecule has 0 heterocycles. The van der Waals surface area contributed by atoms with Gasteiger partial charge in [-0.15, -0.1) is 0 Å². The van der Waals surface area contributed by atoms with E-state index in [1.54, 1.807) is 6.08 Å². The van der Waals surface area contributed by atoms with E-state index in [1.165, 1.54) is 205 Å². The van der Waals surface area contributed by atoms with Crippen molar-refractivity contribution in [1.82, 2.24) is 5.32 Å². The number of carbonyl (C=O) groups is 1. The first kappa shape index (κ1) is 52.6. The molecule has 0 rings (SSSR count). The molecule has 0 saturated heterocycles. The molecule has 318 valence electrons. The standard InChI is InChI=1S/C50H95NO3/c1-3-5-7-9-11-13-15-17-18-19-20-21-22-23-24-25-26-27-28-29-30-31-32-34-36-38-40-42-44-46-50(54)51-48(47-52)49(53)45-43-41-39-37-35-33-16-14-12-10-8-6-4-2/h20-21,23-24,43,45,48-49,52-53H,3-19,22,25-42,44,46-47H2,1-2H3,(H,51,54)/b21-20-,24-23-,45-43+. The van der Waals surface area contributed by atoms with E-state index in [2.05, 4.69) is 43.5 Å². The first-order valence-electron chi connectivity index (χ1n) is 24.2. The van der Waals surface area contributed by atoms with Crippen LogP contribution in [0.1, 0.15) is 258 Å². The number of carbonyl (C=O) groups excluding carboxylic acids is 1. The Morgan fingerprint density at radius 1 is 0.444 bits per heavy atom. The largest absolute Gasteiger partial charge is 0.394 e. The van der Waals surface area contributed by atoms with Crippen LogP contribution in [0.3, 0.4) is 0 Å². The average molecular weight is 758 g/mol. The molecular weight excluding hydrogens is 663 g/mol. The van der Waals surface area contributed by atoms with Crippen LogP contribution < -0.4 is 5.32 Å². The number of hydrogen-bond donors (Lipinski definition) is 3. The number of nitrogens with one attached hydrogen (secondary N) is 1. The normalized spacial score (nSPS) is 13.2. The fourth-order valence-corrected chi connectivity index (χ4v) is 7.39. The highest BCUT2D eigenvalue weighted by Crippen LogP contribution is 2.15. The Morgan fingerprint density at radius 3 is 1.11 bits per heavy atom. The van der Waals surface area contributed by atoms with Gasteiger partial charge in [0.25, 0.3) is 0 Å². The second-order valence-corrected chi connectivity index (χ2v) is 16.5. The quantitative estimate of drug-likeness (QED) is 0.0428. The van der Waals surface area contributed by atoms with Gasteiger partial charge in [0.05, 0.1) is 18.8 Å². The van der Waals surface area contributed by atoms with E-state index in [0.29, 0.717) is 6.42 Å². The molecule has 4 nitrogen and oxygen atoms in total. The zero-order chi connectivity index (χ0) is 39.3. The van der Waals surface area contributed by atoms with E-state index in [0.717, 1.165) is 32.1 Å². The van der Waals surface area contributed by atoms with Crippen molar-refractivity contribution >= 4 is 5.91 Å². The van der Waals surface area contributed by atoms with E-state index in [-0.39, 0.29) is 12.5 Å². The predicted molar refractivity (Wildman–Crippen MR) is 239 cm³/mol. The highest BCUT2D eigenvalue weighted by atomic mass is 16.3. The Hall–Kier alpha value is -1.39. The molecule has 54 heavy (non-hydrogen) atoms. The Balaban J connectivity index is 3.49. The first-order valence-corrected chi connectivity index (χ1v) is 24.2. The van der Waals surface area contributed by atoms with Gasteiger partial charge in [0, 0.05) is 6.42 Å². The van der Waals surface area contributed by atoms with Crippen molar-refractivity contribution < 1.29 is 15.0 Å². The van der Waals surface area contributed by atoms with E-state index < -0.39 is 12.1 Å². The van der Waals surface area contributed by atoms with Gasteiger partial charge >= 0.3 is 0 Å². The minimum Gasteiger partial charge on any atom is -0.394 e. The number of hydrogen-bond acceptors (Lipinski definition) is 3. The monoisotopic (exact) mass is 758 g/mol. The number of aliphatic hydroxyl groups excluding tert-OH is 2. The van der Waals surface area contributed by atoms with Crippen LogP contribution >= 0.6 is 0 Å². The molecular formula is C50H95NO3. The SMILES string of the molecule is CCCCCCCCCCC/C=C\C/C=C\CCCCCCCCCCCCCCCC(=O)NC(CO)C(O)/C=C/CCCCCCCCCCCCC. The Morgan fingerprint density at radius 2 is 0.759 bits per heavy atom. The van der Waals surface area contributed by atoms with Gasteiger partial charge in [-0.2, -0.15) is 0 Å². The highest BCUT2D eigenvalue weighted by molar-refractivity contribution is 5.76. The summed E-state index contributed by atoms with van der Waals surface area (Å²) in [4.78, 5) is 12.4. The Labute approximate surface area is 338 Å². The van der Waals surface area contributed by atoms with Crippen LogP contribution in [0.2, 0.25) is 0 Å². The molecule has 0 bridgehead atoms. The summed E-state index contributed by atoms with van der Waals surface area (Å²) in [5, 5.41) is 23.0. The van der Waals surface area contributed by atoms with Crippen LogP contribution in [0.4, 0.5) is 0 Å². The third-order valence-corrected chi connectivity index (χ3v) is 11.1. The summed E-state index contributed by atoms with van der Waals surface area (Å²) in [5.74, 6) is -0.0641. The minimum atomic E-state index is -0.837. The molecule has 1 amide bonds. The molecule has 0 aliphatic heterocycles. The average Bonchev–Trinajstić information content (AvgIpc) is 3.18. The summed E-state index contributed by atoms with van der Waals surface area (Å²) in [6.07, 6.45) is 61.3. The zero-order valence-electron chi connectivity index (χ0n) is 36.5. The van der Waals surface area contributed by atoms with Crippen LogP contribution in [0, 0.1) is 0 Å². The molecule has 0 aliphatic carbocycles. The van der Waals surface area contributed by atoms with Crippen LogP contribution in [-0.2, 0) is 4.79 Å². The molecule has 4 heteroatoms. The van der Waals surface area contributed by atoms with Crippen molar-refractivity contribution in [3.63, 3.8) is 0 Å². The van der Waals surface area contributed by atoms with Crippen molar-refractivity contribution in [2.24, 2.45) is 0 Å². The van der Waals surface area contributed by atoms with E-state index >= 15 is 0 Å². The van der Waals surface area contributed by atoms with Crippen LogP contribution in [0.25, 0.3) is 0 Å². The zero-order valence-corrected chi connectivity index (χ0v) is 36.5. The van der Waals surface area contributed by atoms with Gasteiger partial charge in [-0.1, -0.05) is 237 Å². The Kier molecular flexibility index (Phi) is 44.8. The minimum absolute atomic E-state index is 0.0641. The molecule has 0 aliphatic rings. The van der Waals surface area contributed by atoms with Crippen LogP contribution in [0.5, 0.6) is 0 Å². The molecule has 0 aromatic heterocycles. The number of unbranched alkanes of at least 4 members (excludes halogenated alkanes) is 33. The summed E-state index contributed by atoms with van der Waals surface area (Å²) in [5.41, 5.74) is 0. The first-order chi connectivity index (χ1) is 26.7. The summed E-state index contributed by atoms with van der Waals surface area (Å²) >= 11 is 0.